The number of fused-ring (bicyclic) bond motifs is 2. The van der Waals surface area contributed by atoms with Gasteiger partial charge < -0.3 is 11.1 Å². The van der Waals surface area contributed by atoms with Gasteiger partial charge in [-0.15, -0.1) is 0 Å². The number of rotatable bonds is 5. The van der Waals surface area contributed by atoms with E-state index in [4.69, 9.17) is 5.73 Å². The molecule has 3 N–H and O–H groups in total. The lowest BCUT2D eigenvalue weighted by Gasteiger charge is -2.43. The standard InChI is InChI=1S/C19H27FN2OS/c1-24-11-16-9-17(20)6-5-14(16)10-22-19(23)15-7-12-3-2-4-13(8-15)18(12)21/h5-6,9,12-13,15,18H,2-4,7-8,10-11,21H2,1H3,(H,22,23). The third kappa shape index (κ3) is 3.94. The molecule has 132 valence electrons. The lowest BCUT2D eigenvalue weighted by Crippen LogP contribution is -2.49. The maximum atomic E-state index is 13.4. The molecule has 0 heterocycles. The smallest absolute Gasteiger partial charge is 0.223 e. The molecular formula is C19H27FN2OS. The molecule has 0 aromatic heterocycles. The van der Waals surface area contributed by atoms with Crippen molar-refractivity contribution in [1.29, 1.82) is 0 Å². The van der Waals surface area contributed by atoms with Crippen LogP contribution in [-0.2, 0) is 17.1 Å². The number of halogens is 1. The summed E-state index contributed by atoms with van der Waals surface area (Å²) in [5.74, 6) is 1.77. The Morgan fingerprint density at radius 1 is 1.29 bits per heavy atom. The van der Waals surface area contributed by atoms with E-state index in [1.165, 1.54) is 12.5 Å². The lowest BCUT2D eigenvalue weighted by atomic mass is 9.65. The Kier molecular flexibility index (Phi) is 5.82. The fourth-order valence-electron chi connectivity index (χ4n) is 4.39. The molecule has 0 radical (unpaired) electrons. The van der Waals surface area contributed by atoms with Gasteiger partial charge in [0.15, 0.2) is 0 Å². The predicted octanol–water partition coefficient (Wildman–Crippen LogP) is 3.46. The summed E-state index contributed by atoms with van der Waals surface area (Å²) in [4.78, 5) is 12.6. The molecule has 24 heavy (non-hydrogen) atoms. The molecule has 2 aliphatic carbocycles. The number of thioether (sulfide) groups is 1. The van der Waals surface area contributed by atoms with Gasteiger partial charge in [0, 0.05) is 24.3 Å². The van der Waals surface area contributed by atoms with Crippen molar-refractivity contribution in [3.8, 4) is 0 Å². The van der Waals surface area contributed by atoms with Crippen LogP contribution in [0, 0.1) is 23.6 Å². The zero-order chi connectivity index (χ0) is 17.1. The third-order valence-electron chi connectivity index (χ3n) is 5.71. The first kappa shape index (κ1) is 17.7. The van der Waals surface area contributed by atoms with E-state index in [1.54, 1.807) is 23.9 Å². The van der Waals surface area contributed by atoms with Crippen molar-refractivity contribution in [3.63, 3.8) is 0 Å². The zero-order valence-corrected chi connectivity index (χ0v) is 15.1. The molecule has 2 aliphatic rings. The van der Waals surface area contributed by atoms with Crippen molar-refractivity contribution >= 4 is 17.7 Å². The SMILES string of the molecule is CSCc1cc(F)ccc1CNC(=O)C1CC2CCCC(C1)C2N. The molecule has 5 heteroatoms. The highest BCUT2D eigenvalue weighted by molar-refractivity contribution is 7.97. The molecule has 2 saturated carbocycles. The number of hydrogen-bond acceptors (Lipinski definition) is 3. The minimum Gasteiger partial charge on any atom is -0.352 e. The Hall–Kier alpha value is -1.07. The first-order chi connectivity index (χ1) is 11.6. The van der Waals surface area contributed by atoms with Crippen molar-refractivity contribution < 1.29 is 9.18 Å². The maximum absolute atomic E-state index is 13.4. The molecule has 0 saturated heterocycles. The highest BCUT2D eigenvalue weighted by Gasteiger charge is 2.40. The van der Waals surface area contributed by atoms with Gasteiger partial charge in [-0.05, 0) is 67.0 Å². The van der Waals surface area contributed by atoms with E-state index in [1.807, 2.05) is 6.26 Å². The van der Waals surface area contributed by atoms with Crippen LogP contribution in [0.2, 0.25) is 0 Å². The van der Waals surface area contributed by atoms with E-state index < -0.39 is 0 Å². The van der Waals surface area contributed by atoms with Crippen molar-refractivity contribution in [2.24, 2.45) is 23.5 Å². The quantitative estimate of drug-likeness (QED) is 0.855. The van der Waals surface area contributed by atoms with Gasteiger partial charge in [-0.3, -0.25) is 4.79 Å². The molecule has 1 amide bonds. The van der Waals surface area contributed by atoms with Crippen LogP contribution >= 0.6 is 11.8 Å². The second-order valence-corrected chi connectivity index (χ2v) is 8.13. The summed E-state index contributed by atoms with van der Waals surface area (Å²) in [6, 6.07) is 5.11. The summed E-state index contributed by atoms with van der Waals surface area (Å²) in [6.45, 7) is 0.479. The summed E-state index contributed by atoms with van der Waals surface area (Å²) in [6.07, 6.45) is 7.42. The highest BCUT2D eigenvalue weighted by atomic mass is 32.2. The molecule has 2 bridgehead atoms. The second kappa shape index (κ2) is 7.87. The fourth-order valence-corrected chi connectivity index (χ4v) is 4.97. The van der Waals surface area contributed by atoms with Gasteiger partial charge in [0.1, 0.15) is 5.82 Å². The Morgan fingerprint density at radius 3 is 2.67 bits per heavy atom. The lowest BCUT2D eigenvalue weighted by molar-refractivity contribution is -0.128. The summed E-state index contributed by atoms with van der Waals surface area (Å²) >= 11 is 1.66. The summed E-state index contributed by atoms with van der Waals surface area (Å²) in [5.41, 5.74) is 8.28. The van der Waals surface area contributed by atoms with Crippen molar-refractivity contribution in [2.75, 3.05) is 6.26 Å². The number of nitrogens with two attached hydrogens (primary N) is 1. The fraction of sp³-hybridized carbons (Fsp3) is 0.632. The minimum absolute atomic E-state index is 0.0875. The Labute approximate surface area is 148 Å². The van der Waals surface area contributed by atoms with Gasteiger partial charge in [0.25, 0.3) is 0 Å². The van der Waals surface area contributed by atoms with Crippen LogP contribution < -0.4 is 11.1 Å². The second-order valence-electron chi connectivity index (χ2n) is 7.26. The average molecular weight is 351 g/mol. The molecule has 1 aromatic carbocycles. The predicted molar refractivity (Wildman–Crippen MR) is 97.0 cm³/mol. The molecule has 2 unspecified atom stereocenters. The van der Waals surface area contributed by atoms with E-state index in [0.717, 1.165) is 42.6 Å². The molecule has 2 atom stereocenters. The number of hydrogen-bond donors (Lipinski definition) is 2. The average Bonchev–Trinajstić information content (AvgIpc) is 2.54. The van der Waals surface area contributed by atoms with Crippen LogP contribution in [-0.4, -0.2) is 18.2 Å². The van der Waals surface area contributed by atoms with Crippen LogP contribution in [0.3, 0.4) is 0 Å². The zero-order valence-electron chi connectivity index (χ0n) is 14.3. The van der Waals surface area contributed by atoms with Crippen LogP contribution in [0.1, 0.15) is 43.2 Å². The van der Waals surface area contributed by atoms with Gasteiger partial charge in [-0.25, -0.2) is 4.39 Å². The van der Waals surface area contributed by atoms with Gasteiger partial charge in [-0.2, -0.15) is 11.8 Å². The van der Waals surface area contributed by atoms with Crippen LogP contribution in [0.4, 0.5) is 4.39 Å². The topological polar surface area (TPSA) is 55.1 Å². The van der Waals surface area contributed by atoms with Gasteiger partial charge >= 0.3 is 0 Å². The minimum atomic E-state index is -0.219. The normalized spacial score (nSPS) is 29.3. The van der Waals surface area contributed by atoms with Crippen molar-refractivity contribution in [1.82, 2.24) is 5.32 Å². The highest BCUT2D eigenvalue weighted by Crippen LogP contribution is 2.41. The monoisotopic (exact) mass is 350 g/mol. The Bertz CT molecular complexity index is 581. The summed E-state index contributed by atoms with van der Waals surface area (Å²) in [7, 11) is 0. The number of amides is 1. The van der Waals surface area contributed by atoms with E-state index in [9.17, 15) is 9.18 Å². The molecule has 3 rings (SSSR count). The van der Waals surface area contributed by atoms with Crippen LogP contribution in [0.15, 0.2) is 18.2 Å². The Morgan fingerprint density at radius 2 is 2.00 bits per heavy atom. The summed E-state index contributed by atoms with van der Waals surface area (Å²) < 4.78 is 13.4. The largest absolute Gasteiger partial charge is 0.352 e. The van der Waals surface area contributed by atoms with Crippen LogP contribution in [0.25, 0.3) is 0 Å². The third-order valence-corrected chi connectivity index (χ3v) is 6.30. The molecule has 0 spiro atoms. The van der Waals surface area contributed by atoms with E-state index in [0.29, 0.717) is 18.4 Å². The molecule has 1 aromatic rings. The van der Waals surface area contributed by atoms with Gasteiger partial charge in [0.2, 0.25) is 5.91 Å². The van der Waals surface area contributed by atoms with Crippen molar-refractivity contribution in [3.05, 3.63) is 35.1 Å². The molecule has 2 fully saturated rings. The number of carbonyl (C=O) groups is 1. The maximum Gasteiger partial charge on any atom is 0.223 e. The van der Waals surface area contributed by atoms with Crippen LogP contribution in [0.5, 0.6) is 0 Å². The first-order valence-electron chi connectivity index (χ1n) is 8.88. The number of carbonyl (C=O) groups excluding carboxylic acids is 1. The van der Waals surface area contributed by atoms with E-state index >= 15 is 0 Å². The number of benzene rings is 1. The molecule has 0 aliphatic heterocycles. The van der Waals surface area contributed by atoms with E-state index in [-0.39, 0.29) is 23.7 Å². The first-order valence-corrected chi connectivity index (χ1v) is 10.3. The van der Waals surface area contributed by atoms with Crippen molar-refractivity contribution in [2.45, 2.75) is 50.4 Å². The Balaban J connectivity index is 1.60. The van der Waals surface area contributed by atoms with E-state index in [2.05, 4.69) is 5.32 Å². The molecular weight excluding hydrogens is 323 g/mol. The number of nitrogens with one attached hydrogen (secondary N) is 1. The van der Waals surface area contributed by atoms with Gasteiger partial charge in [-0.1, -0.05) is 12.5 Å². The summed E-state index contributed by atoms with van der Waals surface area (Å²) in [5, 5.41) is 3.08. The van der Waals surface area contributed by atoms with Gasteiger partial charge in [0.05, 0.1) is 0 Å². The molecule has 3 nitrogen and oxygen atoms in total.